The Morgan fingerprint density at radius 3 is 2.58 bits per heavy atom. The minimum atomic E-state index is 0.00204. The van der Waals surface area contributed by atoms with Crippen molar-refractivity contribution in [1.29, 1.82) is 0 Å². The zero-order valence-electron chi connectivity index (χ0n) is 13.2. The summed E-state index contributed by atoms with van der Waals surface area (Å²) in [6.45, 7) is 0.495. The van der Waals surface area contributed by atoms with Crippen LogP contribution in [0.25, 0.3) is 10.9 Å². The van der Waals surface area contributed by atoms with E-state index in [1.807, 2.05) is 48.5 Å². The molecule has 0 unspecified atom stereocenters. The van der Waals surface area contributed by atoms with Gasteiger partial charge in [-0.25, -0.2) is 4.98 Å². The van der Waals surface area contributed by atoms with Crippen LogP contribution in [0.3, 0.4) is 0 Å². The van der Waals surface area contributed by atoms with E-state index in [4.69, 9.17) is 16.6 Å². The molecule has 0 N–H and O–H groups in total. The summed E-state index contributed by atoms with van der Waals surface area (Å²) in [7, 11) is 0. The summed E-state index contributed by atoms with van der Waals surface area (Å²) >= 11 is 9.37. The van der Waals surface area contributed by atoms with E-state index in [9.17, 15) is 4.79 Å². The van der Waals surface area contributed by atoms with Crippen LogP contribution in [0.5, 0.6) is 0 Å². The molecule has 0 saturated heterocycles. The molecule has 0 amide bonds. The molecule has 3 nitrogen and oxygen atoms in total. The van der Waals surface area contributed by atoms with E-state index < -0.39 is 0 Å². The van der Waals surface area contributed by atoms with E-state index in [1.165, 1.54) is 0 Å². The molecule has 0 spiro atoms. The Labute approximate surface area is 154 Å². The molecule has 6 heteroatoms. The van der Waals surface area contributed by atoms with E-state index in [-0.39, 0.29) is 5.56 Å². The van der Waals surface area contributed by atoms with Crippen molar-refractivity contribution in [1.82, 2.24) is 9.55 Å². The Kier molecular flexibility index (Phi) is 5.87. The highest BCUT2D eigenvalue weighted by Crippen LogP contribution is 2.20. The highest BCUT2D eigenvalue weighted by atomic mass is 35.5. The van der Waals surface area contributed by atoms with Crippen LogP contribution in [-0.2, 0) is 6.54 Å². The van der Waals surface area contributed by atoms with Crippen molar-refractivity contribution >= 4 is 46.0 Å². The number of rotatable bonds is 6. The van der Waals surface area contributed by atoms with E-state index >= 15 is 0 Å². The summed E-state index contributed by atoms with van der Waals surface area (Å²) in [6, 6.07) is 15.1. The van der Waals surface area contributed by atoms with Crippen LogP contribution >= 0.6 is 35.1 Å². The maximum atomic E-state index is 12.9. The first-order valence-corrected chi connectivity index (χ1v) is 10.3. The van der Waals surface area contributed by atoms with Gasteiger partial charge in [-0.2, -0.15) is 11.8 Å². The van der Waals surface area contributed by atoms with E-state index in [2.05, 4.69) is 6.26 Å². The smallest absolute Gasteiger partial charge is 0.262 e. The Morgan fingerprint density at radius 1 is 1.08 bits per heavy atom. The van der Waals surface area contributed by atoms with Gasteiger partial charge in [0.1, 0.15) is 0 Å². The summed E-state index contributed by atoms with van der Waals surface area (Å²) < 4.78 is 1.76. The normalized spacial score (nSPS) is 11.1. The second-order valence-electron chi connectivity index (χ2n) is 5.27. The van der Waals surface area contributed by atoms with Crippen LogP contribution < -0.4 is 5.56 Å². The molecule has 0 saturated carbocycles. The third kappa shape index (κ3) is 3.97. The number of fused-ring (bicyclic) bond motifs is 1. The number of hydrogen-bond donors (Lipinski definition) is 0. The van der Waals surface area contributed by atoms with Crippen molar-refractivity contribution < 1.29 is 0 Å². The topological polar surface area (TPSA) is 34.9 Å². The Bertz CT molecular complexity index is 894. The van der Waals surface area contributed by atoms with Crippen molar-refractivity contribution in [2.24, 2.45) is 0 Å². The van der Waals surface area contributed by atoms with Crippen LogP contribution in [0.4, 0.5) is 0 Å². The molecule has 0 bridgehead atoms. The molecule has 24 heavy (non-hydrogen) atoms. The van der Waals surface area contributed by atoms with Crippen LogP contribution in [0.15, 0.2) is 58.5 Å². The third-order valence-electron chi connectivity index (χ3n) is 3.60. The van der Waals surface area contributed by atoms with Gasteiger partial charge in [-0.05, 0) is 36.1 Å². The molecule has 3 aromatic rings. The minimum Gasteiger partial charge on any atom is -0.283 e. The standard InChI is InChI=1S/C18H17ClN2OS2/c1-23-10-11-24-18-20-16-5-3-2-4-15(16)17(22)21(18)12-13-6-8-14(19)9-7-13/h2-9H,10-12H2,1H3. The molecule has 0 fully saturated rings. The van der Waals surface area contributed by atoms with Gasteiger partial charge in [0.25, 0.3) is 5.56 Å². The van der Waals surface area contributed by atoms with Gasteiger partial charge in [-0.1, -0.05) is 47.6 Å². The fraction of sp³-hybridized carbons (Fsp3) is 0.222. The van der Waals surface area contributed by atoms with Gasteiger partial charge < -0.3 is 0 Å². The molecular weight excluding hydrogens is 360 g/mol. The second kappa shape index (κ2) is 8.10. The quantitative estimate of drug-likeness (QED) is 0.359. The summed E-state index contributed by atoms with van der Waals surface area (Å²) in [6.07, 6.45) is 2.08. The van der Waals surface area contributed by atoms with Crippen molar-refractivity contribution in [3.05, 3.63) is 69.5 Å². The molecule has 0 aliphatic rings. The number of benzene rings is 2. The number of aromatic nitrogens is 2. The molecular formula is C18H17ClN2OS2. The number of hydrogen-bond acceptors (Lipinski definition) is 4. The molecule has 2 aromatic carbocycles. The lowest BCUT2D eigenvalue weighted by Crippen LogP contribution is -2.24. The highest BCUT2D eigenvalue weighted by molar-refractivity contribution is 8.02. The Balaban J connectivity index is 2.04. The van der Waals surface area contributed by atoms with Crippen molar-refractivity contribution in [3.63, 3.8) is 0 Å². The molecule has 0 aliphatic heterocycles. The van der Waals surface area contributed by atoms with Gasteiger partial charge in [0.15, 0.2) is 5.16 Å². The van der Waals surface area contributed by atoms with Crippen LogP contribution in [0.2, 0.25) is 5.02 Å². The fourth-order valence-corrected chi connectivity index (χ4v) is 4.16. The van der Waals surface area contributed by atoms with Crippen LogP contribution in [-0.4, -0.2) is 27.3 Å². The first kappa shape index (κ1) is 17.4. The maximum absolute atomic E-state index is 12.9. The molecule has 124 valence electrons. The maximum Gasteiger partial charge on any atom is 0.262 e. The van der Waals surface area contributed by atoms with Gasteiger partial charge >= 0.3 is 0 Å². The summed E-state index contributed by atoms with van der Waals surface area (Å²) in [5.74, 6) is 1.95. The van der Waals surface area contributed by atoms with Gasteiger partial charge in [-0.15, -0.1) is 0 Å². The van der Waals surface area contributed by atoms with Crippen molar-refractivity contribution in [2.75, 3.05) is 17.8 Å². The van der Waals surface area contributed by atoms with E-state index in [0.717, 1.165) is 27.7 Å². The summed E-state index contributed by atoms with van der Waals surface area (Å²) in [5.41, 5.74) is 1.79. The Morgan fingerprint density at radius 2 is 1.83 bits per heavy atom. The first-order valence-electron chi connectivity index (χ1n) is 7.55. The third-order valence-corrected chi connectivity index (χ3v) is 5.70. The lowest BCUT2D eigenvalue weighted by atomic mass is 10.2. The molecule has 0 radical (unpaired) electrons. The number of nitrogens with zero attached hydrogens (tertiary/aromatic N) is 2. The monoisotopic (exact) mass is 376 g/mol. The lowest BCUT2D eigenvalue weighted by molar-refractivity contribution is 0.658. The van der Waals surface area contributed by atoms with E-state index in [1.54, 1.807) is 28.1 Å². The first-order chi connectivity index (χ1) is 11.7. The van der Waals surface area contributed by atoms with Gasteiger partial charge in [0.2, 0.25) is 0 Å². The van der Waals surface area contributed by atoms with Crippen LogP contribution in [0.1, 0.15) is 5.56 Å². The van der Waals surface area contributed by atoms with Crippen molar-refractivity contribution in [3.8, 4) is 0 Å². The molecule has 0 atom stereocenters. The van der Waals surface area contributed by atoms with Crippen LogP contribution in [0, 0.1) is 0 Å². The van der Waals surface area contributed by atoms with Crippen molar-refractivity contribution in [2.45, 2.75) is 11.7 Å². The SMILES string of the molecule is CSCCSc1nc2ccccc2c(=O)n1Cc1ccc(Cl)cc1. The zero-order chi connectivity index (χ0) is 16.9. The average Bonchev–Trinajstić information content (AvgIpc) is 2.60. The second-order valence-corrected chi connectivity index (χ2v) is 7.75. The predicted molar refractivity (Wildman–Crippen MR) is 106 cm³/mol. The molecule has 1 aromatic heterocycles. The number of para-hydroxylation sites is 1. The fourth-order valence-electron chi connectivity index (χ4n) is 2.39. The average molecular weight is 377 g/mol. The Hall–Kier alpha value is -1.43. The summed E-state index contributed by atoms with van der Waals surface area (Å²) in [4.78, 5) is 17.6. The minimum absolute atomic E-state index is 0.00204. The number of halogens is 1. The summed E-state index contributed by atoms with van der Waals surface area (Å²) in [5, 5.41) is 2.11. The van der Waals surface area contributed by atoms with E-state index in [0.29, 0.717) is 17.0 Å². The largest absolute Gasteiger partial charge is 0.283 e. The van der Waals surface area contributed by atoms with Gasteiger partial charge in [-0.3, -0.25) is 9.36 Å². The van der Waals surface area contributed by atoms with Gasteiger partial charge in [0, 0.05) is 16.5 Å². The molecule has 0 aliphatic carbocycles. The molecule has 3 rings (SSSR count). The number of thioether (sulfide) groups is 2. The lowest BCUT2D eigenvalue weighted by Gasteiger charge is -2.13. The van der Waals surface area contributed by atoms with Gasteiger partial charge in [0.05, 0.1) is 17.4 Å². The highest BCUT2D eigenvalue weighted by Gasteiger charge is 2.11. The zero-order valence-corrected chi connectivity index (χ0v) is 15.6. The molecule has 1 heterocycles. The predicted octanol–water partition coefficient (Wildman–Crippen LogP) is 4.55.